The highest BCUT2D eigenvalue weighted by Crippen LogP contribution is 2.21. The molecule has 0 atom stereocenters. The molecular formula is C14H11FN2O2S. The molecule has 3 N–H and O–H groups in total. The van der Waals surface area contributed by atoms with Crippen molar-refractivity contribution in [3.8, 4) is 5.75 Å². The van der Waals surface area contributed by atoms with E-state index in [0.717, 1.165) is 6.07 Å². The molecule has 102 valence electrons. The summed E-state index contributed by atoms with van der Waals surface area (Å²) < 4.78 is 13.0. The van der Waals surface area contributed by atoms with E-state index in [2.05, 4.69) is 10.6 Å². The number of benzene rings is 2. The number of para-hydroxylation sites is 2. The summed E-state index contributed by atoms with van der Waals surface area (Å²) in [6.07, 6.45) is 0. The van der Waals surface area contributed by atoms with Crippen molar-refractivity contribution in [2.75, 3.05) is 5.32 Å². The number of halogens is 1. The number of anilines is 1. The first-order valence-corrected chi connectivity index (χ1v) is 6.13. The number of carbonyl (C=O) groups excluding carboxylic acids is 1. The highest BCUT2D eigenvalue weighted by molar-refractivity contribution is 7.80. The highest BCUT2D eigenvalue weighted by Gasteiger charge is 2.09. The van der Waals surface area contributed by atoms with E-state index in [9.17, 15) is 14.3 Å². The van der Waals surface area contributed by atoms with Gasteiger partial charge in [0.1, 0.15) is 11.6 Å². The molecule has 0 fully saturated rings. The molecule has 2 aromatic rings. The van der Waals surface area contributed by atoms with Gasteiger partial charge in [-0.05, 0) is 42.5 Å². The van der Waals surface area contributed by atoms with Crippen LogP contribution in [0.15, 0.2) is 48.5 Å². The summed E-state index contributed by atoms with van der Waals surface area (Å²) in [7, 11) is 0. The van der Waals surface area contributed by atoms with Gasteiger partial charge in [-0.15, -0.1) is 0 Å². The van der Waals surface area contributed by atoms with E-state index in [1.54, 1.807) is 18.2 Å². The molecule has 4 nitrogen and oxygen atoms in total. The van der Waals surface area contributed by atoms with Gasteiger partial charge in [-0.1, -0.05) is 18.2 Å². The van der Waals surface area contributed by atoms with E-state index in [1.165, 1.54) is 24.3 Å². The average molecular weight is 290 g/mol. The maximum Gasteiger partial charge on any atom is 0.257 e. The molecule has 0 aliphatic carbocycles. The Morgan fingerprint density at radius 2 is 1.90 bits per heavy atom. The highest BCUT2D eigenvalue weighted by atomic mass is 32.1. The van der Waals surface area contributed by atoms with Crippen LogP contribution in [0.2, 0.25) is 0 Å². The Morgan fingerprint density at radius 3 is 2.60 bits per heavy atom. The third-order valence-corrected chi connectivity index (χ3v) is 2.67. The minimum atomic E-state index is -0.530. The first-order chi connectivity index (χ1) is 9.56. The van der Waals surface area contributed by atoms with Crippen LogP contribution in [0.5, 0.6) is 5.75 Å². The van der Waals surface area contributed by atoms with E-state index in [4.69, 9.17) is 12.2 Å². The van der Waals surface area contributed by atoms with Gasteiger partial charge in [0.15, 0.2) is 5.11 Å². The van der Waals surface area contributed by atoms with Crippen LogP contribution < -0.4 is 10.6 Å². The summed E-state index contributed by atoms with van der Waals surface area (Å²) in [5, 5.41) is 14.7. The Bertz CT molecular complexity index is 661. The molecule has 0 saturated carbocycles. The Labute approximate surface area is 120 Å². The maximum atomic E-state index is 13.0. The number of carbonyl (C=O) groups is 1. The largest absolute Gasteiger partial charge is 0.506 e. The van der Waals surface area contributed by atoms with Gasteiger partial charge < -0.3 is 10.4 Å². The molecule has 0 spiro atoms. The molecule has 20 heavy (non-hydrogen) atoms. The minimum Gasteiger partial charge on any atom is -0.506 e. The van der Waals surface area contributed by atoms with Crippen molar-refractivity contribution >= 4 is 28.9 Å². The zero-order valence-corrected chi connectivity index (χ0v) is 11.1. The second kappa shape index (κ2) is 6.12. The lowest BCUT2D eigenvalue weighted by Crippen LogP contribution is -2.34. The first-order valence-electron chi connectivity index (χ1n) is 5.72. The van der Waals surface area contributed by atoms with Crippen LogP contribution in [-0.2, 0) is 0 Å². The van der Waals surface area contributed by atoms with Gasteiger partial charge >= 0.3 is 0 Å². The number of thiocarbonyl (C=S) groups is 1. The molecule has 2 aromatic carbocycles. The van der Waals surface area contributed by atoms with Crippen molar-refractivity contribution < 1.29 is 14.3 Å². The molecule has 6 heteroatoms. The lowest BCUT2D eigenvalue weighted by Gasteiger charge is -2.10. The molecule has 2 rings (SSSR count). The summed E-state index contributed by atoms with van der Waals surface area (Å²) >= 11 is 4.96. The number of rotatable bonds is 2. The molecule has 1 amide bonds. The van der Waals surface area contributed by atoms with Crippen molar-refractivity contribution in [3.05, 3.63) is 59.9 Å². The fraction of sp³-hybridized carbons (Fsp3) is 0. The van der Waals surface area contributed by atoms with E-state index in [1.807, 2.05) is 0 Å². The van der Waals surface area contributed by atoms with Crippen molar-refractivity contribution in [2.45, 2.75) is 0 Å². The normalized spacial score (nSPS) is 9.85. The topological polar surface area (TPSA) is 61.4 Å². The molecule has 0 aromatic heterocycles. The van der Waals surface area contributed by atoms with Crippen LogP contribution in [0.3, 0.4) is 0 Å². The number of nitrogens with one attached hydrogen (secondary N) is 2. The zero-order chi connectivity index (χ0) is 14.5. The molecule has 0 radical (unpaired) electrons. The Morgan fingerprint density at radius 1 is 1.15 bits per heavy atom. The molecule has 0 aliphatic heterocycles. The van der Waals surface area contributed by atoms with E-state index in [-0.39, 0.29) is 16.4 Å². The Kier molecular flexibility index (Phi) is 4.27. The van der Waals surface area contributed by atoms with Gasteiger partial charge in [-0.25, -0.2) is 4.39 Å². The summed E-state index contributed by atoms with van der Waals surface area (Å²) in [6.45, 7) is 0. The van der Waals surface area contributed by atoms with E-state index < -0.39 is 11.7 Å². The standard InChI is InChI=1S/C14H11FN2O2S/c15-10-5-3-4-9(8-10)13(19)17-14(20)16-11-6-1-2-7-12(11)18/h1-8,18H,(H2,16,17,19,20). The smallest absolute Gasteiger partial charge is 0.257 e. The molecular weight excluding hydrogens is 279 g/mol. The molecule has 0 aliphatic rings. The summed E-state index contributed by atoms with van der Waals surface area (Å²) in [4.78, 5) is 11.8. The second-order valence-corrected chi connectivity index (χ2v) is 4.34. The zero-order valence-electron chi connectivity index (χ0n) is 10.3. The van der Waals surface area contributed by atoms with Gasteiger partial charge in [0.2, 0.25) is 0 Å². The lowest BCUT2D eigenvalue weighted by atomic mass is 10.2. The predicted octanol–water partition coefficient (Wildman–Crippen LogP) is 2.66. The predicted molar refractivity (Wildman–Crippen MR) is 78.2 cm³/mol. The summed E-state index contributed by atoms with van der Waals surface area (Å²) in [5.41, 5.74) is 0.531. The fourth-order valence-corrected chi connectivity index (χ4v) is 1.74. The minimum absolute atomic E-state index is 0.00912. The number of amides is 1. The van der Waals surface area contributed by atoms with E-state index in [0.29, 0.717) is 5.69 Å². The van der Waals surface area contributed by atoms with Crippen LogP contribution in [0.25, 0.3) is 0 Å². The van der Waals surface area contributed by atoms with Crippen molar-refractivity contribution in [1.29, 1.82) is 0 Å². The van der Waals surface area contributed by atoms with Gasteiger partial charge in [0.25, 0.3) is 5.91 Å². The van der Waals surface area contributed by atoms with Crippen molar-refractivity contribution in [2.24, 2.45) is 0 Å². The summed E-state index contributed by atoms with van der Waals surface area (Å²) in [6, 6.07) is 11.7. The molecule has 0 heterocycles. The van der Waals surface area contributed by atoms with Gasteiger partial charge in [0.05, 0.1) is 5.69 Å². The molecule has 0 bridgehead atoms. The van der Waals surface area contributed by atoms with Gasteiger partial charge in [-0.2, -0.15) is 0 Å². The molecule has 0 saturated heterocycles. The molecule has 0 unspecified atom stereocenters. The maximum absolute atomic E-state index is 13.0. The Balaban J connectivity index is 2.02. The Hall–Kier alpha value is -2.47. The number of aromatic hydroxyl groups is 1. The number of phenols is 1. The van der Waals surface area contributed by atoms with Gasteiger partial charge in [0, 0.05) is 5.56 Å². The van der Waals surface area contributed by atoms with Crippen LogP contribution in [0.1, 0.15) is 10.4 Å². The van der Waals surface area contributed by atoms with Crippen LogP contribution in [0.4, 0.5) is 10.1 Å². The fourth-order valence-electron chi connectivity index (χ4n) is 1.54. The van der Waals surface area contributed by atoms with Crippen molar-refractivity contribution in [1.82, 2.24) is 5.32 Å². The van der Waals surface area contributed by atoms with Crippen LogP contribution in [0, 0.1) is 5.82 Å². The number of phenolic OH excluding ortho intramolecular Hbond substituents is 1. The van der Waals surface area contributed by atoms with E-state index >= 15 is 0 Å². The van der Waals surface area contributed by atoms with Gasteiger partial charge in [-0.3, -0.25) is 10.1 Å². The third-order valence-electron chi connectivity index (χ3n) is 2.47. The lowest BCUT2D eigenvalue weighted by molar-refractivity contribution is 0.0977. The first kappa shape index (κ1) is 14.0. The SMILES string of the molecule is O=C(NC(=S)Nc1ccccc1O)c1cccc(F)c1. The second-order valence-electron chi connectivity index (χ2n) is 3.94. The summed E-state index contributed by atoms with van der Waals surface area (Å²) in [5.74, 6) is -1.02. The average Bonchev–Trinajstić information content (AvgIpc) is 2.41. The third kappa shape index (κ3) is 3.52. The number of hydrogen-bond donors (Lipinski definition) is 3. The van der Waals surface area contributed by atoms with Crippen LogP contribution >= 0.6 is 12.2 Å². The van der Waals surface area contributed by atoms with Crippen LogP contribution in [-0.4, -0.2) is 16.1 Å². The van der Waals surface area contributed by atoms with Crippen molar-refractivity contribution in [3.63, 3.8) is 0 Å². The monoisotopic (exact) mass is 290 g/mol. The number of hydrogen-bond acceptors (Lipinski definition) is 3. The quantitative estimate of drug-likeness (QED) is 0.588.